The molecular formula is C31H38N4O4. The highest BCUT2D eigenvalue weighted by molar-refractivity contribution is 6.45. The quantitative estimate of drug-likeness (QED) is 0.254. The predicted molar refractivity (Wildman–Crippen MR) is 152 cm³/mol. The summed E-state index contributed by atoms with van der Waals surface area (Å²) in [4.78, 5) is 48.7. The summed E-state index contributed by atoms with van der Waals surface area (Å²) < 4.78 is 0. The number of amides is 2. The Bertz CT molecular complexity index is 1310. The van der Waals surface area contributed by atoms with Gasteiger partial charge in [-0.15, -0.1) is 0 Å². The highest BCUT2D eigenvalue weighted by Crippen LogP contribution is 2.31. The van der Waals surface area contributed by atoms with E-state index in [-0.39, 0.29) is 17.6 Å². The molecule has 0 radical (unpaired) electrons. The Morgan fingerprint density at radius 1 is 1.00 bits per heavy atom. The number of rotatable bonds is 10. The van der Waals surface area contributed by atoms with Gasteiger partial charge in [0.15, 0.2) is 0 Å². The molecule has 2 fully saturated rings. The molecule has 3 N–H and O–H groups in total. The molecule has 0 spiro atoms. The number of ketones is 1. The first-order valence-corrected chi connectivity index (χ1v) is 14.2. The second-order valence-electron chi connectivity index (χ2n) is 10.9. The van der Waals surface area contributed by atoms with Crippen LogP contribution in [0.1, 0.15) is 61.7 Å². The number of aromatic nitrogens is 1. The predicted octanol–water partition coefficient (Wildman–Crippen LogP) is 4.96. The first-order chi connectivity index (χ1) is 19.0. The Morgan fingerprint density at radius 3 is 2.54 bits per heavy atom. The second kappa shape index (κ2) is 12.5. The monoisotopic (exact) mass is 530 g/mol. The summed E-state index contributed by atoms with van der Waals surface area (Å²) in [5, 5.41) is 13.6. The summed E-state index contributed by atoms with van der Waals surface area (Å²) in [6.45, 7) is 3.26. The third kappa shape index (κ3) is 6.33. The third-order valence-electron chi connectivity index (χ3n) is 8.18. The van der Waals surface area contributed by atoms with Gasteiger partial charge in [-0.1, -0.05) is 43.5 Å². The summed E-state index contributed by atoms with van der Waals surface area (Å²) in [5.74, 6) is -1.53. The minimum Gasteiger partial charge on any atom is -0.508 e. The molecule has 8 heteroatoms. The topological polar surface area (TPSA) is 106 Å². The van der Waals surface area contributed by atoms with Crippen LogP contribution in [0.25, 0.3) is 10.9 Å². The number of nitrogens with one attached hydrogen (secondary N) is 2. The van der Waals surface area contributed by atoms with E-state index in [4.69, 9.17) is 0 Å². The fourth-order valence-corrected chi connectivity index (χ4v) is 6.20. The molecule has 0 bridgehead atoms. The molecule has 206 valence electrons. The van der Waals surface area contributed by atoms with E-state index in [1.54, 1.807) is 29.3 Å². The number of phenolic OH excluding ortho intramolecular Hbond substituents is 1. The number of Topliss-reactive ketones (excluding diaryl/α,β-unsaturated/α-hetero) is 1. The number of aromatic hydroxyl groups is 1. The minimum atomic E-state index is -0.770. The van der Waals surface area contributed by atoms with Crippen molar-refractivity contribution < 1.29 is 19.5 Å². The largest absolute Gasteiger partial charge is 0.508 e. The fourth-order valence-electron chi connectivity index (χ4n) is 6.20. The number of phenols is 1. The second-order valence-corrected chi connectivity index (χ2v) is 10.9. The lowest BCUT2D eigenvalue weighted by Gasteiger charge is -2.37. The number of H-pyrrole nitrogens is 1. The zero-order valence-corrected chi connectivity index (χ0v) is 22.4. The number of aromatic amines is 1. The number of para-hydroxylation sites is 1. The third-order valence-corrected chi connectivity index (χ3v) is 8.18. The van der Waals surface area contributed by atoms with Crippen molar-refractivity contribution in [1.82, 2.24) is 14.8 Å². The zero-order valence-electron chi connectivity index (χ0n) is 22.4. The average Bonchev–Trinajstić information content (AvgIpc) is 3.62. The lowest BCUT2D eigenvalue weighted by molar-refractivity contribution is -0.137. The molecule has 2 aromatic carbocycles. The van der Waals surface area contributed by atoms with Crippen molar-refractivity contribution in [1.29, 1.82) is 0 Å². The fraction of sp³-hybridized carbons (Fsp3) is 0.452. The highest BCUT2D eigenvalue weighted by Gasteiger charge is 2.39. The molecule has 2 aliphatic rings. The van der Waals surface area contributed by atoms with E-state index >= 15 is 0 Å². The van der Waals surface area contributed by atoms with Crippen molar-refractivity contribution >= 4 is 34.2 Å². The maximum Gasteiger partial charge on any atom is 0.295 e. The molecule has 1 atom stereocenters. The van der Waals surface area contributed by atoms with Crippen LogP contribution in [0.5, 0.6) is 5.75 Å². The molecule has 1 saturated carbocycles. The first kappa shape index (κ1) is 26.9. The number of fused-ring (bicyclic) bond motifs is 1. The molecule has 1 aliphatic heterocycles. The highest BCUT2D eigenvalue weighted by atomic mass is 16.3. The molecule has 1 aromatic heterocycles. The van der Waals surface area contributed by atoms with Gasteiger partial charge in [0.2, 0.25) is 5.91 Å². The molecule has 1 saturated heterocycles. The lowest BCUT2D eigenvalue weighted by atomic mass is 9.82. The number of hydrogen-bond acceptors (Lipinski definition) is 5. The van der Waals surface area contributed by atoms with Crippen LogP contribution in [-0.2, 0) is 9.59 Å². The molecule has 1 aliphatic carbocycles. The average molecular weight is 531 g/mol. The van der Waals surface area contributed by atoms with Crippen molar-refractivity contribution in [2.45, 2.75) is 57.4 Å². The molecule has 39 heavy (non-hydrogen) atoms. The smallest absolute Gasteiger partial charge is 0.295 e. The van der Waals surface area contributed by atoms with Crippen LogP contribution >= 0.6 is 0 Å². The SMILES string of the molecule is O=C(C(=O)N(CCCN1CCCC1)C(C(=O)Nc1cccc(O)c1)C1CCCCC1)c1c[nH]c2ccccc12. The molecule has 8 nitrogen and oxygen atoms in total. The summed E-state index contributed by atoms with van der Waals surface area (Å²) >= 11 is 0. The normalized spacial score (nSPS) is 17.2. The van der Waals surface area contributed by atoms with E-state index < -0.39 is 17.7 Å². The summed E-state index contributed by atoms with van der Waals surface area (Å²) in [6, 6.07) is 13.1. The van der Waals surface area contributed by atoms with Crippen molar-refractivity contribution in [2.75, 3.05) is 31.5 Å². The van der Waals surface area contributed by atoms with Crippen molar-refractivity contribution in [3.63, 3.8) is 0 Å². The number of likely N-dealkylation sites (tertiary alicyclic amines) is 1. The van der Waals surface area contributed by atoms with Crippen molar-refractivity contribution in [3.8, 4) is 5.75 Å². The summed E-state index contributed by atoms with van der Waals surface area (Å²) in [6.07, 6.45) is 9.39. The maximum atomic E-state index is 14.0. The van der Waals surface area contributed by atoms with Gasteiger partial charge in [0.25, 0.3) is 11.7 Å². The molecule has 5 rings (SSSR count). The number of carbonyl (C=O) groups is 3. The van der Waals surface area contributed by atoms with Gasteiger partial charge in [-0.2, -0.15) is 0 Å². The van der Waals surface area contributed by atoms with E-state index in [9.17, 15) is 19.5 Å². The van der Waals surface area contributed by atoms with E-state index in [2.05, 4.69) is 15.2 Å². The number of nitrogens with zero attached hydrogens (tertiary/aromatic N) is 2. The molecule has 1 unspecified atom stereocenters. The summed E-state index contributed by atoms with van der Waals surface area (Å²) in [5.41, 5.74) is 1.59. The van der Waals surface area contributed by atoms with Crippen LogP contribution in [0.15, 0.2) is 54.7 Å². The summed E-state index contributed by atoms with van der Waals surface area (Å²) in [7, 11) is 0. The van der Waals surface area contributed by atoms with Crippen LogP contribution in [0.4, 0.5) is 5.69 Å². The van der Waals surface area contributed by atoms with Gasteiger partial charge in [-0.25, -0.2) is 0 Å². The number of carbonyl (C=O) groups excluding carboxylic acids is 3. The van der Waals surface area contributed by atoms with Gasteiger partial charge in [0.1, 0.15) is 11.8 Å². The molecular weight excluding hydrogens is 492 g/mol. The van der Waals surface area contributed by atoms with Gasteiger partial charge >= 0.3 is 0 Å². The molecule has 2 amide bonds. The maximum absolute atomic E-state index is 14.0. The van der Waals surface area contributed by atoms with E-state index in [0.717, 1.165) is 57.3 Å². The first-order valence-electron chi connectivity index (χ1n) is 14.2. The number of benzene rings is 2. The standard InChI is InChI=1S/C31H38N4O4/c36-24-13-8-12-23(20-24)33-30(38)28(22-10-2-1-3-11-22)35(19-9-18-34-16-6-7-17-34)31(39)29(37)26-21-32-27-15-5-4-14-25(26)27/h4-5,8,12-15,20-22,28,32,36H,1-3,6-7,9-11,16-19H2,(H,33,38). The molecule has 2 heterocycles. The van der Waals surface area contributed by atoms with E-state index in [1.807, 2.05) is 24.3 Å². The number of anilines is 1. The Labute approximate surface area is 229 Å². The van der Waals surface area contributed by atoms with Crippen LogP contribution in [-0.4, -0.2) is 69.7 Å². The van der Waals surface area contributed by atoms with Gasteiger partial charge < -0.3 is 25.2 Å². The Balaban J connectivity index is 1.45. The van der Waals surface area contributed by atoms with Gasteiger partial charge in [0, 0.05) is 35.4 Å². The van der Waals surface area contributed by atoms with E-state index in [1.165, 1.54) is 18.9 Å². The Hall–Kier alpha value is -3.65. The van der Waals surface area contributed by atoms with Crippen molar-refractivity contribution in [3.05, 3.63) is 60.3 Å². The van der Waals surface area contributed by atoms with E-state index in [0.29, 0.717) is 29.6 Å². The zero-order chi connectivity index (χ0) is 27.2. The van der Waals surface area contributed by atoms with Gasteiger partial charge in [-0.3, -0.25) is 14.4 Å². The Kier molecular flexibility index (Phi) is 8.61. The Morgan fingerprint density at radius 2 is 1.77 bits per heavy atom. The van der Waals surface area contributed by atoms with Gasteiger partial charge in [0.05, 0.1) is 5.56 Å². The van der Waals surface area contributed by atoms with Crippen molar-refractivity contribution in [2.24, 2.45) is 5.92 Å². The lowest BCUT2D eigenvalue weighted by Crippen LogP contribution is -2.54. The van der Waals surface area contributed by atoms with Gasteiger partial charge in [-0.05, 0) is 75.9 Å². The van der Waals surface area contributed by atoms with Crippen LogP contribution < -0.4 is 5.32 Å². The number of hydrogen-bond donors (Lipinski definition) is 3. The minimum absolute atomic E-state index is 0.0393. The van der Waals surface area contributed by atoms with Crippen LogP contribution in [0.2, 0.25) is 0 Å². The molecule has 3 aromatic rings. The van der Waals surface area contributed by atoms with Crippen LogP contribution in [0, 0.1) is 5.92 Å². The van der Waals surface area contributed by atoms with Crippen LogP contribution in [0.3, 0.4) is 0 Å².